The standard InChI is InChI=1S/C21H42O2/c1-4-7-10-11-12-13-14-17-21(22)23-19-18-20(15-8-5-2)16-9-6-3/h20H,4-19H2,1-3H3. The summed E-state index contributed by atoms with van der Waals surface area (Å²) in [5, 5.41) is 0. The Hall–Kier alpha value is -0.530. The van der Waals surface area contributed by atoms with Crippen molar-refractivity contribution in [1.29, 1.82) is 0 Å². The second-order valence-electron chi connectivity index (χ2n) is 7.03. The van der Waals surface area contributed by atoms with Crippen LogP contribution in [-0.2, 0) is 9.53 Å². The van der Waals surface area contributed by atoms with Gasteiger partial charge >= 0.3 is 5.97 Å². The highest BCUT2D eigenvalue weighted by atomic mass is 16.5. The first-order valence-corrected chi connectivity index (χ1v) is 10.4. The predicted molar refractivity (Wildman–Crippen MR) is 101 cm³/mol. The third-order valence-corrected chi connectivity index (χ3v) is 4.71. The van der Waals surface area contributed by atoms with Crippen molar-refractivity contribution in [2.45, 2.75) is 117 Å². The monoisotopic (exact) mass is 326 g/mol. The lowest BCUT2D eigenvalue weighted by Crippen LogP contribution is -2.10. The maximum Gasteiger partial charge on any atom is 0.305 e. The maximum absolute atomic E-state index is 11.8. The van der Waals surface area contributed by atoms with Crippen molar-refractivity contribution in [3.05, 3.63) is 0 Å². The molecule has 0 atom stereocenters. The van der Waals surface area contributed by atoms with E-state index in [0.717, 1.165) is 18.8 Å². The lowest BCUT2D eigenvalue weighted by molar-refractivity contribution is -0.144. The Bertz CT molecular complexity index is 242. The Morgan fingerprint density at radius 1 is 0.696 bits per heavy atom. The van der Waals surface area contributed by atoms with E-state index in [9.17, 15) is 4.79 Å². The van der Waals surface area contributed by atoms with E-state index in [2.05, 4.69) is 20.8 Å². The molecule has 2 nitrogen and oxygen atoms in total. The molecule has 0 unspecified atom stereocenters. The van der Waals surface area contributed by atoms with Gasteiger partial charge in [-0.15, -0.1) is 0 Å². The number of hydrogen-bond donors (Lipinski definition) is 0. The minimum absolute atomic E-state index is 0.0169. The van der Waals surface area contributed by atoms with Crippen LogP contribution >= 0.6 is 0 Å². The summed E-state index contributed by atoms with van der Waals surface area (Å²) >= 11 is 0. The van der Waals surface area contributed by atoms with Gasteiger partial charge in [-0.25, -0.2) is 0 Å². The van der Waals surface area contributed by atoms with Crippen molar-refractivity contribution < 1.29 is 9.53 Å². The zero-order chi connectivity index (χ0) is 17.2. The number of rotatable bonds is 17. The molecule has 0 aromatic heterocycles. The Kier molecular flexibility index (Phi) is 17.4. The van der Waals surface area contributed by atoms with E-state index in [1.54, 1.807) is 0 Å². The number of unbranched alkanes of at least 4 members (excludes halogenated alkanes) is 8. The van der Waals surface area contributed by atoms with Crippen molar-refractivity contribution in [3.8, 4) is 0 Å². The Labute approximate surface area is 145 Å². The van der Waals surface area contributed by atoms with E-state index in [1.807, 2.05) is 0 Å². The molecule has 138 valence electrons. The second kappa shape index (κ2) is 17.8. The fourth-order valence-corrected chi connectivity index (χ4v) is 3.06. The Morgan fingerprint density at radius 3 is 1.78 bits per heavy atom. The SMILES string of the molecule is CCCCCCCCCC(=O)OCCC(CCCC)CCCC. The molecule has 23 heavy (non-hydrogen) atoms. The van der Waals surface area contributed by atoms with E-state index in [-0.39, 0.29) is 5.97 Å². The van der Waals surface area contributed by atoms with Crippen LogP contribution in [-0.4, -0.2) is 12.6 Å². The van der Waals surface area contributed by atoms with E-state index in [0.29, 0.717) is 13.0 Å². The maximum atomic E-state index is 11.8. The third kappa shape index (κ3) is 16.1. The van der Waals surface area contributed by atoms with E-state index < -0.39 is 0 Å². The van der Waals surface area contributed by atoms with E-state index in [1.165, 1.54) is 77.0 Å². The highest BCUT2D eigenvalue weighted by Crippen LogP contribution is 2.20. The molecule has 0 spiro atoms. The van der Waals surface area contributed by atoms with Crippen LogP contribution in [0.15, 0.2) is 0 Å². The smallest absolute Gasteiger partial charge is 0.305 e. The van der Waals surface area contributed by atoms with Crippen LogP contribution in [0.4, 0.5) is 0 Å². The summed E-state index contributed by atoms with van der Waals surface area (Å²) in [7, 11) is 0. The molecule has 0 aliphatic carbocycles. The first-order chi connectivity index (χ1) is 11.2. The third-order valence-electron chi connectivity index (χ3n) is 4.71. The van der Waals surface area contributed by atoms with Crippen molar-refractivity contribution in [2.24, 2.45) is 5.92 Å². The lowest BCUT2D eigenvalue weighted by Gasteiger charge is -2.16. The molecule has 2 heteroatoms. The topological polar surface area (TPSA) is 26.3 Å². The van der Waals surface area contributed by atoms with Crippen molar-refractivity contribution in [3.63, 3.8) is 0 Å². The van der Waals surface area contributed by atoms with Gasteiger partial charge in [0.2, 0.25) is 0 Å². The molecule has 0 fully saturated rings. The minimum atomic E-state index is 0.0169. The molecule has 0 saturated carbocycles. The van der Waals surface area contributed by atoms with Gasteiger partial charge in [0.15, 0.2) is 0 Å². The van der Waals surface area contributed by atoms with Crippen LogP contribution in [0.3, 0.4) is 0 Å². The second-order valence-corrected chi connectivity index (χ2v) is 7.03. The number of carbonyl (C=O) groups is 1. The summed E-state index contributed by atoms with van der Waals surface area (Å²) in [5.74, 6) is 0.768. The minimum Gasteiger partial charge on any atom is -0.466 e. The molecule has 0 rings (SSSR count). The highest BCUT2D eigenvalue weighted by molar-refractivity contribution is 5.69. The summed E-state index contributed by atoms with van der Waals surface area (Å²) in [6, 6.07) is 0. The van der Waals surface area contributed by atoms with Crippen LogP contribution in [0.5, 0.6) is 0 Å². The fraction of sp³-hybridized carbons (Fsp3) is 0.952. The van der Waals surface area contributed by atoms with Crippen LogP contribution in [0.1, 0.15) is 117 Å². The predicted octanol–water partition coefficient (Wildman–Crippen LogP) is 7.06. The van der Waals surface area contributed by atoms with Crippen LogP contribution in [0, 0.1) is 5.92 Å². The summed E-state index contributed by atoms with van der Waals surface area (Å²) in [4.78, 5) is 11.8. The van der Waals surface area contributed by atoms with E-state index >= 15 is 0 Å². The largest absolute Gasteiger partial charge is 0.466 e. The van der Waals surface area contributed by atoms with E-state index in [4.69, 9.17) is 4.74 Å². The Morgan fingerprint density at radius 2 is 1.22 bits per heavy atom. The number of hydrogen-bond acceptors (Lipinski definition) is 2. The van der Waals surface area contributed by atoms with Gasteiger partial charge in [0.1, 0.15) is 0 Å². The molecule has 0 aliphatic heterocycles. The van der Waals surface area contributed by atoms with Gasteiger partial charge < -0.3 is 4.74 Å². The first kappa shape index (κ1) is 22.5. The molecule has 0 bridgehead atoms. The van der Waals surface area contributed by atoms with Gasteiger partial charge in [-0.05, 0) is 18.8 Å². The summed E-state index contributed by atoms with van der Waals surface area (Å²) in [6.07, 6.45) is 18.2. The van der Waals surface area contributed by atoms with Crippen molar-refractivity contribution in [2.75, 3.05) is 6.61 Å². The van der Waals surface area contributed by atoms with Gasteiger partial charge in [0.05, 0.1) is 6.61 Å². The molecule has 0 aliphatic rings. The van der Waals surface area contributed by atoms with Crippen LogP contribution in [0.25, 0.3) is 0 Å². The highest BCUT2D eigenvalue weighted by Gasteiger charge is 2.10. The molecular weight excluding hydrogens is 284 g/mol. The molecule has 0 aromatic carbocycles. The molecule has 0 N–H and O–H groups in total. The van der Waals surface area contributed by atoms with Crippen LogP contribution in [0.2, 0.25) is 0 Å². The molecular formula is C21H42O2. The number of ether oxygens (including phenoxy) is 1. The summed E-state index contributed by atoms with van der Waals surface area (Å²) < 4.78 is 5.44. The summed E-state index contributed by atoms with van der Waals surface area (Å²) in [6.45, 7) is 7.37. The van der Waals surface area contributed by atoms with Crippen LogP contribution < -0.4 is 0 Å². The quantitative estimate of drug-likeness (QED) is 0.211. The van der Waals surface area contributed by atoms with Gasteiger partial charge in [0.25, 0.3) is 0 Å². The molecule has 0 heterocycles. The average molecular weight is 327 g/mol. The molecule has 0 saturated heterocycles. The van der Waals surface area contributed by atoms with Crippen molar-refractivity contribution >= 4 is 5.97 Å². The van der Waals surface area contributed by atoms with Gasteiger partial charge in [0, 0.05) is 6.42 Å². The first-order valence-electron chi connectivity index (χ1n) is 10.4. The molecule has 0 aromatic rings. The molecule has 0 radical (unpaired) electrons. The normalized spacial score (nSPS) is 11.1. The number of carbonyl (C=O) groups excluding carboxylic acids is 1. The molecule has 0 amide bonds. The van der Waals surface area contributed by atoms with Gasteiger partial charge in [-0.1, -0.05) is 97.8 Å². The zero-order valence-corrected chi connectivity index (χ0v) is 16.2. The van der Waals surface area contributed by atoms with Gasteiger partial charge in [-0.3, -0.25) is 4.79 Å². The zero-order valence-electron chi connectivity index (χ0n) is 16.2. The fourth-order valence-electron chi connectivity index (χ4n) is 3.06. The average Bonchev–Trinajstić information content (AvgIpc) is 2.56. The van der Waals surface area contributed by atoms with Gasteiger partial charge in [-0.2, -0.15) is 0 Å². The summed E-state index contributed by atoms with van der Waals surface area (Å²) in [5.41, 5.74) is 0. The van der Waals surface area contributed by atoms with Crippen molar-refractivity contribution in [1.82, 2.24) is 0 Å². The lowest BCUT2D eigenvalue weighted by atomic mass is 9.93. The Balaban J connectivity index is 3.57. The number of esters is 1.